The van der Waals surface area contributed by atoms with Crippen LogP contribution in [0.15, 0.2) is 42.5 Å². The zero-order chi connectivity index (χ0) is 22.8. The molecule has 0 aliphatic carbocycles. The number of carbonyl (C=O) groups is 1. The van der Waals surface area contributed by atoms with E-state index in [0.717, 1.165) is 30.5 Å². The Morgan fingerprint density at radius 3 is 2.23 bits per heavy atom. The fraction of sp³-hybridized carbons (Fsp3) is 0.458. The smallest absolute Gasteiger partial charge is 0.127 e. The van der Waals surface area contributed by atoms with Gasteiger partial charge in [0.25, 0.3) is 0 Å². The van der Waals surface area contributed by atoms with Crippen LogP contribution in [0.4, 0.5) is 0 Å². The van der Waals surface area contributed by atoms with E-state index in [4.69, 9.17) is 31.5 Å². The van der Waals surface area contributed by atoms with Gasteiger partial charge in [-0.3, -0.25) is 4.90 Å². The third-order valence-corrected chi connectivity index (χ3v) is 5.93. The molecule has 0 heterocycles. The van der Waals surface area contributed by atoms with Crippen molar-refractivity contribution in [2.75, 3.05) is 27.3 Å². The number of rotatable bonds is 13. The molecule has 0 saturated heterocycles. The highest BCUT2D eigenvalue weighted by Crippen LogP contribution is 2.31. The van der Waals surface area contributed by atoms with Gasteiger partial charge in [0.2, 0.25) is 0 Å². The van der Waals surface area contributed by atoms with Crippen LogP contribution in [0.5, 0.6) is 17.2 Å². The second-order valence-electron chi connectivity index (χ2n) is 7.28. The van der Waals surface area contributed by atoms with Crippen molar-refractivity contribution in [3.8, 4) is 17.2 Å². The van der Waals surface area contributed by atoms with E-state index in [9.17, 15) is 4.79 Å². The topological polar surface area (TPSA) is 74.0 Å². The van der Waals surface area contributed by atoms with Gasteiger partial charge in [-0.25, -0.2) is 0 Å². The molecule has 2 rings (SSSR count). The molecule has 0 aliphatic rings. The van der Waals surface area contributed by atoms with Gasteiger partial charge in [0.05, 0.1) is 14.2 Å². The van der Waals surface area contributed by atoms with Gasteiger partial charge in [-0.2, -0.15) is 0 Å². The van der Waals surface area contributed by atoms with E-state index in [1.54, 1.807) is 20.3 Å². The highest BCUT2D eigenvalue weighted by Gasteiger charge is 2.26. The Morgan fingerprint density at radius 2 is 1.68 bits per heavy atom. The molecule has 7 heteroatoms. The number of ether oxygens (including phenoxy) is 3. The number of hydrogen-bond acceptors (Lipinski definition) is 6. The lowest BCUT2D eigenvalue weighted by molar-refractivity contribution is -0.109. The summed E-state index contributed by atoms with van der Waals surface area (Å²) >= 11 is 6.55. The molecule has 170 valence electrons. The van der Waals surface area contributed by atoms with Crippen molar-refractivity contribution < 1.29 is 19.0 Å². The molecule has 0 fully saturated rings. The van der Waals surface area contributed by atoms with Crippen molar-refractivity contribution >= 4 is 17.9 Å². The molecular formula is C24H33ClN2O4. The number of nitrogens with two attached hydrogens (primary N) is 1. The predicted octanol–water partition coefficient (Wildman–Crippen LogP) is 4.19. The van der Waals surface area contributed by atoms with Crippen molar-refractivity contribution in [3.05, 3.63) is 53.6 Å². The molecule has 0 spiro atoms. The highest BCUT2D eigenvalue weighted by atomic mass is 35.5. The molecule has 0 radical (unpaired) electrons. The minimum absolute atomic E-state index is 0.305. The zero-order valence-corrected chi connectivity index (χ0v) is 19.5. The lowest BCUT2D eigenvalue weighted by Crippen LogP contribution is -2.45. The lowest BCUT2D eigenvalue weighted by Gasteiger charge is -2.30. The van der Waals surface area contributed by atoms with Gasteiger partial charge < -0.3 is 24.7 Å². The number of aldehydes is 1. The first-order valence-electron chi connectivity index (χ1n) is 10.5. The summed E-state index contributed by atoms with van der Waals surface area (Å²) < 4.78 is 16.7. The molecule has 2 aromatic rings. The minimum Gasteiger partial charge on any atom is -0.497 e. The first kappa shape index (κ1) is 25.0. The molecule has 31 heavy (non-hydrogen) atoms. The molecular weight excluding hydrogens is 416 g/mol. The van der Waals surface area contributed by atoms with Crippen molar-refractivity contribution in [3.63, 3.8) is 0 Å². The lowest BCUT2D eigenvalue weighted by atomic mass is 9.92. The first-order chi connectivity index (χ1) is 15.0. The fourth-order valence-corrected chi connectivity index (χ4v) is 3.91. The summed E-state index contributed by atoms with van der Waals surface area (Å²) in [6.07, 6.45) is 1.35. The average molecular weight is 449 g/mol. The van der Waals surface area contributed by atoms with E-state index in [0.29, 0.717) is 30.3 Å². The molecule has 2 N–H and O–H groups in total. The number of alkyl halides is 1. The monoisotopic (exact) mass is 448 g/mol. The van der Waals surface area contributed by atoms with Gasteiger partial charge in [-0.1, -0.05) is 32.0 Å². The standard InChI is InChI=1S/C24H33ClN2O4/c1-5-27(6-2)24(25)22(26)13-18(15-28)21-9-7-8-10-23(21)31-16-17-11-19(29-3)14-20(12-17)30-4/h7-12,14-15,18,22,24H,5-6,13,16,26H2,1-4H3. The van der Waals surface area contributed by atoms with Crippen LogP contribution in [0, 0.1) is 0 Å². The quantitative estimate of drug-likeness (QED) is 0.281. The molecule has 0 aromatic heterocycles. The molecule has 6 nitrogen and oxygen atoms in total. The SMILES string of the molecule is CCN(CC)C(Cl)C(N)CC(C=O)c1ccccc1OCc1cc(OC)cc(OC)c1. The molecule has 3 unspecified atom stereocenters. The fourth-order valence-electron chi connectivity index (χ4n) is 3.53. The molecule has 3 atom stereocenters. The summed E-state index contributed by atoms with van der Waals surface area (Å²) in [7, 11) is 3.21. The van der Waals surface area contributed by atoms with Crippen molar-refractivity contribution in [1.29, 1.82) is 0 Å². The van der Waals surface area contributed by atoms with Crippen LogP contribution in [0.25, 0.3) is 0 Å². The maximum absolute atomic E-state index is 12.0. The van der Waals surface area contributed by atoms with E-state index < -0.39 is 5.92 Å². The Labute approximate surface area is 190 Å². The third-order valence-electron chi connectivity index (χ3n) is 5.33. The van der Waals surface area contributed by atoms with Gasteiger partial charge in [-0.05, 0) is 43.3 Å². The molecule has 0 saturated carbocycles. The molecule has 2 aromatic carbocycles. The molecule has 0 aliphatic heterocycles. The Hall–Kier alpha value is -2.28. The normalized spacial score (nSPS) is 14.0. The summed E-state index contributed by atoms with van der Waals surface area (Å²) in [4.78, 5) is 14.0. The van der Waals surface area contributed by atoms with E-state index in [1.807, 2.05) is 50.2 Å². The number of likely N-dealkylation sites (N-methyl/N-ethyl adjacent to an activating group) is 1. The summed E-state index contributed by atoms with van der Waals surface area (Å²) in [6.45, 7) is 5.99. The van der Waals surface area contributed by atoms with Crippen molar-refractivity contribution in [2.45, 2.75) is 44.3 Å². The van der Waals surface area contributed by atoms with Crippen LogP contribution in [-0.4, -0.2) is 50.0 Å². The minimum atomic E-state index is -0.414. The summed E-state index contributed by atoms with van der Waals surface area (Å²) in [5.41, 5.74) is 7.72. The van der Waals surface area contributed by atoms with Crippen LogP contribution < -0.4 is 19.9 Å². The van der Waals surface area contributed by atoms with Gasteiger partial charge in [0.1, 0.15) is 35.6 Å². The number of benzene rings is 2. The second kappa shape index (κ2) is 12.5. The van der Waals surface area contributed by atoms with Crippen molar-refractivity contribution in [2.24, 2.45) is 5.73 Å². The number of halogens is 1. The maximum atomic E-state index is 12.0. The van der Waals surface area contributed by atoms with Gasteiger partial charge in [0.15, 0.2) is 0 Å². The molecule has 0 bridgehead atoms. The Balaban J connectivity index is 2.17. The second-order valence-corrected chi connectivity index (χ2v) is 7.73. The largest absolute Gasteiger partial charge is 0.497 e. The Morgan fingerprint density at radius 1 is 1.06 bits per heavy atom. The Bertz CT molecular complexity index is 807. The van der Waals surface area contributed by atoms with Crippen LogP contribution in [0.2, 0.25) is 0 Å². The van der Waals surface area contributed by atoms with Gasteiger partial charge in [0, 0.05) is 23.6 Å². The first-order valence-corrected chi connectivity index (χ1v) is 10.9. The van der Waals surface area contributed by atoms with E-state index in [-0.39, 0.29) is 11.5 Å². The predicted molar refractivity (Wildman–Crippen MR) is 124 cm³/mol. The van der Waals surface area contributed by atoms with Crippen LogP contribution in [0.3, 0.4) is 0 Å². The van der Waals surface area contributed by atoms with Gasteiger partial charge in [-0.15, -0.1) is 11.6 Å². The number of para-hydroxylation sites is 1. The number of carbonyl (C=O) groups excluding carboxylic acids is 1. The maximum Gasteiger partial charge on any atom is 0.127 e. The Kier molecular flexibility index (Phi) is 10.1. The van der Waals surface area contributed by atoms with Gasteiger partial charge >= 0.3 is 0 Å². The summed E-state index contributed by atoms with van der Waals surface area (Å²) in [5, 5.41) is 0. The van der Waals surface area contributed by atoms with E-state index in [2.05, 4.69) is 4.90 Å². The average Bonchev–Trinajstić information content (AvgIpc) is 2.81. The van der Waals surface area contributed by atoms with Crippen LogP contribution in [-0.2, 0) is 11.4 Å². The number of methoxy groups -OCH3 is 2. The zero-order valence-electron chi connectivity index (χ0n) is 18.7. The van der Waals surface area contributed by atoms with E-state index >= 15 is 0 Å². The highest BCUT2D eigenvalue weighted by molar-refractivity contribution is 6.20. The van der Waals surface area contributed by atoms with Crippen molar-refractivity contribution in [1.82, 2.24) is 4.90 Å². The van der Waals surface area contributed by atoms with Crippen LogP contribution in [0.1, 0.15) is 37.3 Å². The van der Waals surface area contributed by atoms with Crippen LogP contribution >= 0.6 is 11.6 Å². The summed E-state index contributed by atoms with van der Waals surface area (Å²) in [6, 6.07) is 12.8. The summed E-state index contributed by atoms with van der Waals surface area (Å²) in [5.74, 6) is 1.60. The van der Waals surface area contributed by atoms with E-state index in [1.165, 1.54) is 0 Å². The third kappa shape index (κ3) is 6.86. The number of nitrogens with zero attached hydrogens (tertiary/aromatic N) is 1. The number of hydrogen-bond donors (Lipinski definition) is 1. The molecule has 0 amide bonds.